The van der Waals surface area contributed by atoms with E-state index in [2.05, 4.69) is 26.6 Å². The second-order valence-electron chi connectivity index (χ2n) is 6.66. The predicted octanol–water partition coefficient (Wildman–Crippen LogP) is 5.51. The monoisotopic (exact) mass is 482 g/mol. The van der Waals surface area contributed by atoms with E-state index >= 15 is 0 Å². The molecule has 0 spiro atoms. The minimum Gasteiger partial charge on any atom is -0.492 e. The van der Waals surface area contributed by atoms with Gasteiger partial charge in [0.2, 0.25) is 0 Å². The first-order valence-corrected chi connectivity index (χ1v) is 10.6. The van der Waals surface area contributed by atoms with Crippen LogP contribution in [0.15, 0.2) is 77.3 Å². The van der Waals surface area contributed by atoms with Gasteiger partial charge >= 0.3 is 0 Å². The van der Waals surface area contributed by atoms with Gasteiger partial charge in [0, 0.05) is 15.7 Å². The van der Waals surface area contributed by atoms with E-state index in [1.807, 2.05) is 31.2 Å². The van der Waals surface area contributed by atoms with E-state index in [0.29, 0.717) is 35.0 Å². The van der Waals surface area contributed by atoms with Gasteiger partial charge < -0.3 is 20.1 Å². The van der Waals surface area contributed by atoms with Crippen LogP contribution in [0.3, 0.4) is 0 Å². The topological polar surface area (TPSA) is 76.7 Å². The highest BCUT2D eigenvalue weighted by Crippen LogP contribution is 2.24. The van der Waals surface area contributed by atoms with Crippen LogP contribution < -0.4 is 20.1 Å². The van der Waals surface area contributed by atoms with E-state index in [1.165, 1.54) is 0 Å². The largest absolute Gasteiger partial charge is 0.492 e. The summed E-state index contributed by atoms with van der Waals surface area (Å²) < 4.78 is 12.2. The maximum Gasteiger partial charge on any atom is 0.265 e. The number of carbonyl (C=O) groups is 2. The highest BCUT2D eigenvalue weighted by atomic mass is 79.9. The van der Waals surface area contributed by atoms with Crippen molar-refractivity contribution in [3.8, 4) is 11.5 Å². The van der Waals surface area contributed by atoms with Crippen molar-refractivity contribution in [1.29, 1.82) is 0 Å². The first-order chi connectivity index (χ1) is 15.0. The van der Waals surface area contributed by atoms with Gasteiger partial charge in [0.25, 0.3) is 11.8 Å². The zero-order valence-corrected chi connectivity index (χ0v) is 18.8. The Hall–Kier alpha value is -3.32. The number of carbonyl (C=O) groups excluding carboxylic acids is 2. The Labute approximate surface area is 189 Å². The summed E-state index contributed by atoms with van der Waals surface area (Å²) in [7, 11) is 0. The van der Waals surface area contributed by atoms with E-state index in [9.17, 15) is 9.59 Å². The lowest BCUT2D eigenvalue weighted by atomic mass is 10.2. The van der Waals surface area contributed by atoms with Crippen LogP contribution in [0.4, 0.5) is 11.4 Å². The fourth-order valence-corrected chi connectivity index (χ4v) is 3.03. The fraction of sp³-hybridized carbons (Fsp3) is 0.167. The van der Waals surface area contributed by atoms with Gasteiger partial charge in [-0.25, -0.2) is 0 Å². The molecule has 1 atom stereocenters. The molecule has 160 valence electrons. The summed E-state index contributed by atoms with van der Waals surface area (Å²) in [5.74, 6) is 0.574. The molecule has 0 aromatic heterocycles. The Balaban J connectivity index is 1.58. The fourth-order valence-electron chi connectivity index (χ4n) is 2.77. The van der Waals surface area contributed by atoms with Crippen molar-refractivity contribution >= 4 is 39.1 Å². The lowest BCUT2D eigenvalue weighted by molar-refractivity contribution is -0.122. The van der Waals surface area contributed by atoms with Crippen molar-refractivity contribution in [2.24, 2.45) is 0 Å². The normalized spacial score (nSPS) is 11.3. The van der Waals surface area contributed by atoms with Crippen LogP contribution in [0.5, 0.6) is 11.5 Å². The van der Waals surface area contributed by atoms with Crippen LogP contribution in [0.1, 0.15) is 24.2 Å². The number of benzene rings is 3. The highest BCUT2D eigenvalue weighted by Gasteiger charge is 2.16. The lowest BCUT2D eigenvalue weighted by Crippen LogP contribution is -2.30. The van der Waals surface area contributed by atoms with E-state index in [1.54, 1.807) is 55.5 Å². The maximum absolute atomic E-state index is 12.6. The molecule has 3 aromatic rings. The number of nitrogens with one attached hydrogen (secondary N) is 2. The summed E-state index contributed by atoms with van der Waals surface area (Å²) in [6.45, 7) is 4.06. The van der Waals surface area contributed by atoms with Gasteiger partial charge in [0.1, 0.15) is 11.5 Å². The minimum absolute atomic E-state index is 0.264. The van der Waals surface area contributed by atoms with Crippen LogP contribution in [0.25, 0.3) is 0 Å². The Morgan fingerprint density at radius 1 is 0.935 bits per heavy atom. The number of hydrogen-bond acceptors (Lipinski definition) is 4. The molecular formula is C24H23BrN2O4. The van der Waals surface area contributed by atoms with Crippen molar-refractivity contribution in [1.82, 2.24) is 0 Å². The van der Waals surface area contributed by atoms with Crippen molar-refractivity contribution in [3.63, 3.8) is 0 Å². The molecule has 0 saturated heterocycles. The molecule has 6 nitrogen and oxygen atoms in total. The van der Waals surface area contributed by atoms with Crippen molar-refractivity contribution < 1.29 is 19.1 Å². The first-order valence-electron chi connectivity index (χ1n) is 9.82. The molecule has 7 heteroatoms. The van der Waals surface area contributed by atoms with Crippen molar-refractivity contribution in [3.05, 3.63) is 82.8 Å². The zero-order chi connectivity index (χ0) is 22.2. The molecule has 0 unspecified atom stereocenters. The van der Waals surface area contributed by atoms with Gasteiger partial charge in [-0.3, -0.25) is 9.59 Å². The van der Waals surface area contributed by atoms with E-state index < -0.39 is 6.10 Å². The molecule has 2 N–H and O–H groups in total. The molecule has 0 aliphatic rings. The van der Waals surface area contributed by atoms with Gasteiger partial charge in [0.05, 0.1) is 12.3 Å². The smallest absolute Gasteiger partial charge is 0.265 e. The SMILES string of the molecule is CCOc1ccccc1NC(=O)c1ccc(O[C@@H](C)C(=O)Nc2ccc(Br)cc2)cc1. The van der Waals surface area contributed by atoms with Crippen molar-refractivity contribution in [2.75, 3.05) is 17.2 Å². The predicted molar refractivity (Wildman–Crippen MR) is 125 cm³/mol. The molecule has 0 aliphatic heterocycles. The van der Waals surface area contributed by atoms with Crippen LogP contribution in [-0.2, 0) is 4.79 Å². The van der Waals surface area contributed by atoms with Gasteiger partial charge in [-0.15, -0.1) is 0 Å². The minimum atomic E-state index is -0.707. The van der Waals surface area contributed by atoms with Crippen LogP contribution >= 0.6 is 15.9 Å². The summed E-state index contributed by atoms with van der Waals surface area (Å²) in [5.41, 5.74) is 1.75. The van der Waals surface area contributed by atoms with Gasteiger partial charge in [-0.1, -0.05) is 28.1 Å². The van der Waals surface area contributed by atoms with Gasteiger partial charge in [-0.2, -0.15) is 0 Å². The Morgan fingerprint density at radius 2 is 1.61 bits per heavy atom. The van der Waals surface area contributed by atoms with Crippen molar-refractivity contribution in [2.45, 2.75) is 20.0 Å². The molecule has 0 saturated carbocycles. The Bertz CT molecular complexity index is 1040. The molecule has 0 fully saturated rings. The van der Waals surface area contributed by atoms with E-state index in [0.717, 1.165) is 4.47 Å². The number of rotatable bonds is 8. The van der Waals surface area contributed by atoms with Gasteiger partial charge in [-0.05, 0) is 74.5 Å². The number of hydrogen-bond donors (Lipinski definition) is 2. The molecule has 0 bridgehead atoms. The number of amides is 2. The molecule has 3 rings (SSSR count). The summed E-state index contributed by atoms with van der Waals surface area (Å²) in [6.07, 6.45) is -0.707. The molecule has 3 aromatic carbocycles. The van der Waals surface area contributed by atoms with Crippen LogP contribution in [-0.4, -0.2) is 24.5 Å². The summed E-state index contributed by atoms with van der Waals surface area (Å²) in [6, 6.07) is 21.2. The first kappa shape index (κ1) is 22.4. The molecule has 0 radical (unpaired) electrons. The third kappa shape index (κ3) is 6.33. The molecule has 0 aliphatic carbocycles. The average Bonchev–Trinajstić information content (AvgIpc) is 2.77. The van der Waals surface area contributed by atoms with Crippen LogP contribution in [0, 0.1) is 0 Å². The van der Waals surface area contributed by atoms with Gasteiger partial charge in [0.15, 0.2) is 6.10 Å². The van der Waals surface area contributed by atoms with E-state index in [4.69, 9.17) is 9.47 Å². The lowest BCUT2D eigenvalue weighted by Gasteiger charge is -2.15. The standard InChI is InChI=1S/C24H23BrN2O4/c1-3-30-22-7-5-4-6-21(22)27-24(29)17-8-14-20(15-9-17)31-16(2)23(28)26-19-12-10-18(25)11-13-19/h4-16H,3H2,1-2H3,(H,26,28)(H,27,29)/t16-/m0/s1. The summed E-state index contributed by atoms with van der Waals surface area (Å²) in [4.78, 5) is 24.9. The maximum atomic E-state index is 12.6. The summed E-state index contributed by atoms with van der Waals surface area (Å²) in [5, 5.41) is 5.65. The second-order valence-corrected chi connectivity index (χ2v) is 7.58. The van der Waals surface area contributed by atoms with E-state index in [-0.39, 0.29) is 11.8 Å². The number of ether oxygens (including phenoxy) is 2. The molecule has 31 heavy (non-hydrogen) atoms. The average molecular weight is 483 g/mol. The third-order valence-corrected chi connectivity index (χ3v) is 4.87. The number of anilines is 2. The Morgan fingerprint density at radius 3 is 2.29 bits per heavy atom. The Kier molecular flexibility index (Phi) is 7.67. The third-order valence-electron chi connectivity index (χ3n) is 4.35. The summed E-state index contributed by atoms with van der Waals surface area (Å²) >= 11 is 3.36. The molecular weight excluding hydrogens is 460 g/mol. The second kappa shape index (κ2) is 10.6. The van der Waals surface area contributed by atoms with Crippen LogP contribution in [0.2, 0.25) is 0 Å². The molecule has 0 heterocycles. The zero-order valence-electron chi connectivity index (χ0n) is 17.2. The number of para-hydroxylation sites is 2. The molecule has 2 amide bonds. The quantitative estimate of drug-likeness (QED) is 0.443. The number of halogens is 1. The highest BCUT2D eigenvalue weighted by molar-refractivity contribution is 9.10.